The van der Waals surface area contributed by atoms with Crippen LogP contribution in [0.3, 0.4) is 0 Å². The molecule has 0 radical (unpaired) electrons. The van der Waals surface area contributed by atoms with Crippen molar-refractivity contribution >= 4 is 29.9 Å². The van der Waals surface area contributed by atoms with Crippen molar-refractivity contribution in [2.24, 2.45) is 4.99 Å². The number of guanidine groups is 1. The quantitative estimate of drug-likeness (QED) is 0.449. The van der Waals surface area contributed by atoms with E-state index in [0.717, 1.165) is 18.9 Å². The van der Waals surface area contributed by atoms with Crippen molar-refractivity contribution in [1.82, 2.24) is 10.6 Å². The predicted octanol–water partition coefficient (Wildman–Crippen LogP) is 3.61. The fourth-order valence-electron chi connectivity index (χ4n) is 2.64. The summed E-state index contributed by atoms with van der Waals surface area (Å²) in [5.74, 6) is 0.916. The highest BCUT2D eigenvalue weighted by Gasteiger charge is 2.44. The minimum atomic E-state index is 0. The number of halogens is 1. The van der Waals surface area contributed by atoms with Gasteiger partial charge in [0.15, 0.2) is 5.96 Å². The van der Waals surface area contributed by atoms with Crippen molar-refractivity contribution in [2.75, 3.05) is 13.6 Å². The first-order valence-electron chi connectivity index (χ1n) is 7.64. The molecule has 1 saturated carbocycles. The first kappa shape index (κ1) is 18.3. The van der Waals surface area contributed by atoms with Gasteiger partial charge in [-0.25, -0.2) is 0 Å². The molecule has 2 rings (SSSR count). The maximum absolute atomic E-state index is 4.32. The molecule has 0 aliphatic heterocycles. The van der Waals surface area contributed by atoms with Crippen LogP contribution in [0.2, 0.25) is 0 Å². The molecule has 1 fully saturated rings. The van der Waals surface area contributed by atoms with Crippen molar-refractivity contribution < 1.29 is 0 Å². The van der Waals surface area contributed by atoms with Crippen LogP contribution in [0.15, 0.2) is 29.3 Å². The van der Waals surface area contributed by atoms with Crippen molar-refractivity contribution in [1.29, 1.82) is 0 Å². The number of nitrogens with one attached hydrogen (secondary N) is 2. The summed E-state index contributed by atoms with van der Waals surface area (Å²) in [5.41, 5.74) is 3.21. The van der Waals surface area contributed by atoms with Crippen LogP contribution in [-0.4, -0.2) is 25.6 Å². The average Bonchev–Trinajstić information content (AvgIpc) is 3.24. The Morgan fingerprint density at radius 2 is 2.00 bits per heavy atom. The van der Waals surface area contributed by atoms with Crippen LogP contribution >= 0.6 is 24.0 Å². The highest BCUT2D eigenvalue weighted by Crippen LogP contribution is 2.48. The largest absolute Gasteiger partial charge is 0.356 e. The number of nitrogens with zero attached hydrogens (tertiary/aromatic N) is 1. The molecule has 0 spiro atoms. The SMILES string of the molecule is CCC(C)NC(=NC)NCC1(c2ccccc2C)CC1.I. The molecule has 0 amide bonds. The summed E-state index contributed by atoms with van der Waals surface area (Å²) in [5, 5.41) is 6.92. The maximum Gasteiger partial charge on any atom is 0.191 e. The lowest BCUT2D eigenvalue weighted by molar-refractivity contribution is 0.600. The van der Waals surface area contributed by atoms with Crippen LogP contribution in [0.4, 0.5) is 0 Å². The molecular weight excluding hydrogens is 373 g/mol. The Balaban J connectivity index is 0.00000220. The van der Waals surface area contributed by atoms with Gasteiger partial charge >= 0.3 is 0 Å². The monoisotopic (exact) mass is 401 g/mol. The molecule has 1 aliphatic rings. The third-order valence-electron chi connectivity index (χ3n) is 4.38. The van der Waals surface area contributed by atoms with E-state index in [1.807, 2.05) is 7.05 Å². The second kappa shape index (κ2) is 8.01. The Labute approximate surface area is 146 Å². The number of aryl methyl sites for hydroxylation is 1. The summed E-state index contributed by atoms with van der Waals surface area (Å²) in [7, 11) is 1.84. The van der Waals surface area contributed by atoms with E-state index in [2.05, 4.69) is 60.7 Å². The van der Waals surface area contributed by atoms with Gasteiger partial charge in [-0.05, 0) is 44.2 Å². The van der Waals surface area contributed by atoms with Crippen molar-refractivity contribution in [3.63, 3.8) is 0 Å². The average molecular weight is 401 g/mol. The topological polar surface area (TPSA) is 36.4 Å². The Morgan fingerprint density at radius 1 is 1.33 bits per heavy atom. The van der Waals surface area contributed by atoms with Crippen LogP contribution in [0.5, 0.6) is 0 Å². The Morgan fingerprint density at radius 3 is 2.52 bits per heavy atom. The van der Waals surface area contributed by atoms with E-state index < -0.39 is 0 Å². The predicted molar refractivity (Wildman–Crippen MR) is 102 cm³/mol. The molecule has 1 unspecified atom stereocenters. The fourth-order valence-corrected chi connectivity index (χ4v) is 2.64. The standard InChI is InChI=1S/C17H27N3.HI/c1-5-14(3)20-16(18-4)19-12-17(10-11-17)15-9-7-6-8-13(15)2;/h6-9,14H,5,10-12H2,1-4H3,(H2,18,19,20);1H. The van der Waals surface area contributed by atoms with Gasteiger partial charge in [0.25, 0.3) is 0 Å². The molecule has 1 aromatic carbocycles. The summed E-state index contributed by atoms with van der Waals surface area (Å²) >= 11 is 0. The van der Waals surface area contributed by atoms with E-state index >= 15 is 0 Å². The second-order valence-corrected chi connectivity index (χ2v) is 5.97. The zero-order valence-electron chi connectivity index (χ0n) is 13.6. The van der Waals surface area contributed by atoms with Gasteiger partial charge in [-0.2, -0.15) is 0 Å². The van der Waals surface area contributed by atoms with Crippen LogP contribution in [0.25, 0.3) is 0 Å². The lowest BCUT2D eigenvalue weighted by Gasteiger charge is -2.22. The van der Waals surface area contributed by atoms with Gasteiger partial charge in [0, 0.05) is 25.0 Å². The molecule has 0 bridgehead atoms. The molecule has 1 aliphatic carbocycles. The van der Waals surface area contributed by atoms with Gasteiger partial charge in [0.05, 0.1) is 0 Å². The van der Waals surface area contributed by atoms with Gasteiger partial charge in [0.1, 0.15) is 0 Å². The lowest BCUT2D eigenvalue weighted by atomic mass is 9.92. The normalized spacial score (nSPS) is 17.6. The maximum atomic E-state index is 4.32. The summed E-state index contributed by atoms with van der Waals surface area (Å²) in [6, 6.07) is 9.20. The molecule has 2 N–H and O–H groups in total. The molecular formula is C17H28IN3. The molecule has 1 aromatic rings. The van der Waals surface area contributed by atoms with Gasteiger partial charge in [-0.3, -0.25) is 4.99 Å². The molecule has 1 atom stereocenters. The van der Waals surface area contributed by atoms with E-state index in [4.69, 9.17) is 0 Å². The lowest BCUT2D eigenvalue weighted by Crippen LogP contribution is -2.44. The van der Waals surface area contributed by atoms with Crippen LogP contribution in [0.1, 0.15) is 44.2 Å². The second-order valence-electron chi connectivity index (χ2n) is 5.97. The molecule has 0 saturated heterocycles. The number of benzene rings is 1. The third kappa shape index (κ3) is 4.59. The van der Waals surface area contributed by atoms with Gasteiger partial charge in [-0.1, -0.05) is 31.2 Å². The first-order chi connectivity index (χ1) is 9.61. The summed E-state index contributed by atoms with van der Waals surface area (Å²) in [6.45, 7) is 7.54. The Bertz CT molecular complexity index is 481. The third-order valence-corrected chi connectivity index (χ3v) is 4.38. The molecule has 4 heteroatoms. The van der Waals surface area contributed by atoms with Crippen LogP contribution < -0.4 is 10.6 Å². The number of rotatable bonds is 5. The molecule has 0 aromatic heterocycles. The van der Waals surface area contributed by atoms with E-state index in [1.165, 1.54) is 24.0 Å². The summed E-state index contributed by atoms with van der Waals surface area (Å²) < 4.78 is 0. The van der Waals surface area contributed by atoms with Crippen LogP contribution in [-0.2, 0) is 5.41 Å². The fraction of sp³-hybridized carbons (Fsp3) is 0.588. The summed E-state index contributed by atoms with van der Waals surface area (Å²) in [4.78, 5) is 4.32. The van der Waals surface area contributed by atoms with Crippen LogP contribution in [0, 0.1) is 6.92 Å². The summed E-state index contributed by atoms with van der Waals surface area (Å²) in [6.07, 6.45) is 3.64. The van der Waals surface area contributed by atoms with E-state index in [-0.39, 0.29) is 24.0 Å². The minimum Gasteiger partial charge on any atom is -0.356 e. The van der Waals surface area contributed by atoms with E-state index in [0.29, 0.717) is 11.5 Å². The molecule has 21 heavy (non-hydrogen) atoms. The Kier molecular flexibility index (Phi) is 6.97. The van der Waals surface area contributed by atoms with Crippen molar-refractivity contribution in [2.45, 2.75) is 51.5 Å². The number of aliphatic imine (C=N–C) groups is 1. The van der Waals surface area contributed by atoms with Crippen molar-refractivity contribution in [3.05, 3.63) is 35.4 Å². The highest BCUT2D eigenvalue weighted by atomic mass is 127. The van der Waals surface area contributed by atoms with E-state index in [9.17, 15) is 0 Å². The molecule has 118 valence electrons. The van der Waals surface area contributed by atoms with Gasteiger partial charge in [0.2, 0.25) is 0 Å². The van der Waals surface area contributed by atoms with Gasteiger partial charge in [-0.15, -0.1) is 24.0 Å². The van der Waals surface area contributed by atoms with Crippen molar-refractivity contribution in [3.8, 4) is 0 Å². The van der Waals surface area contributed by atoms with E-state index in [1.54, 1.807) is 0 Å². The number of hydrogen-bond acceptors (Lipinski definition) is 1. The number of hydrogen-bond donors (Lipinski definition) is 2. The first-order valence-corrected chi connectivity index (χ1v) is 7.64. The molecule has 0 heterocycles. The zero-order valence-corrected chi connectivity index (χ0v) is 15.9. The zero-order chi connectivity index (χ0) is 14.6. The smallest absolute Gasteiger partial charge is 0.191 e. The highest BCUT2D eigenvalue weighted by molar-refractivity contribution is 14.0. The minimum absolute atomic E-state index is 0. The Hall–Kier alpha value is -0.780. The van der Waals surface area contributed by atoms with Gasteiger partial charge < -0.3 is 10.6 Å². The molecule has 3 nitrogen and oxygen atoms in total.